The molecule has 0 saturated carbocycles. The van der Waals surface area contributed by atoms with Crippen molar-refractivity contribution in [1.29, 1.82) is 0 Å². The molecule has 2 N–H and O–H groups in total. The fourth-order valence-electron chi connectivity index (χ4n) is 3.71. The van der Waals surface area contributed by atoms with E-state index in [9.17, 15) is 26.4 Å². The van der Waals surface area contributed by atoms with Crippen LogP contribution < -0.4 is 23.7 Å². The van der Waals surface area contributed by atoms with E-state index in [1.165, 1.54) is 20.3 Å². The van der Waals surface area contributed by atoms with Crippen LogP contribution in [0.2, 0.25) is 5.02 Å². The van der Waals surface area contributed by atoms with Gasteiger partial charge in [-0.2, -0.15) is 27.7 Å². The SMILES string of the molecule is COc1cc(OC)n2nc(NS(=O)(=O)c3c(C(F)(F)F)ccnc3OC)nc2n1.O=C(O)COc1ccc(Cl)c2cccnc12. The summed E-state index contributed by atoms with van der Waals surface area (Å²) in [6, 6.07) is 8.70. The topological polar surface area (TPSA) is 189 Å². The van der Waals surface area contributed by atoms with Crippen LogP contribution >= 0.6 is 11.6 Å². The van der Waals surface area contributed by atoms with E-state index >= 15 is 0 Å². The van der Waals surface area contributed by atoms with Crippen LogP contribution in [0.1, 0.15) is 5.56 Å². The number of ether oxygens (including phenoxy) is 4. The van der Waals surface area contributed by atoms with E-state index < -0.39 is 51.1 Å². The number of hydrogen-bond acceptors (Lipinski definition) is 12. The Morgan fingerprint density at radius 3 is 2.44 bits per heavy atom. The number of nitrogens with one attached hydrogen (secondary N) is 1. The fraction of sp³-hybridized carbons (Fsp3) is 0.200. The van der Waals surface area contributed by atoms with Gasteiger partial charge in [-0.1, -0.05) is 11.6 Å². The van der Waals surface area contributed by atoms with Crippen LogP contribution in [0.5, 0.6) is 23.4 Å². The molecule has 20 heteroatoms. The van der Waals surface area contributed by atoms with Gasteiger partial charge in [-0.25, -0.2) is 22.9 Å². The van der Waals surface area contributed by atoms with Gasteiger partial charge >= 0.3 is 12.1 Å². The molecule has 1 aromatic carbocycles. The van der Waals surface area contributed by atoms with Crippen molar-refractivity contribution in [3.8, 4) is 23.4 Å². The molecule has 0 aliphatic rings. The number of aliphatic carboxylic acids is 1. The molecule has 0 aliphatic heterocycles. The van der Waals surface area contributed by atoms with Gasteiger partial charge in [0.1, 0.15) is 11.3 Å². The van der Waals surface area contributed by atoms with Crippen molar-refractivity contribution in [1.82, 2.24) is 29.5 Å². The first-order valence-electron chi connectivity index (χ1n) is 12.2. The minimum atomic E-state index is -4.98. The maximum atomic E-state index is 13.3. The van der Waals surface area contributed by atoms with Crippen LogP contribution in [0.15, 0.2) is 53.7 Å². The van der Waals surface area contributed by atoms with Gasteiger partial charge in [0.25, 0.3) is 21.7 Å². The summed E-state index contributed by atoms with van der Waals surface area (Å²) >= 11 is 5.98. The Balaban J connectivity index is 0.000000242. The summed E-state index contributed by atoms with van der Waals surface area (Å²) in [7, 11) is -1.20. The third kappa shape index (κ3) is 7.32. The zero-order chi connectivity index (χ0) is 32.9. The molecule has 4 aromatic heterocycles. The quantitative estimate of drug-likeness (QED) is 0.231. The number of nitrogens with zero attached hydrogens (tertiary/aromatic N) is 6. The maximum Gasteiger partial charge on any atom is 0.418 e. The minimum Gasteiger partial charge on any atom is -0.481 e. The average molecular weight is 672 g/mol. The molecule has 0 spiro atoms. The molecule has 45 heavy (non-hydrogen) atoms. The van der Waals surface area contributed by atoms with E-state index in [1.807, 2.05) is 4.72 Å². The number of aromatic nitrogens is 6. The summed E-state index contributed by atoms with van der Waals surface area (Å²) in [5.41, 5.74) is -0.894. The molecule has 238 valence electrons. The van der Waals surface area contributed by atoms with Crippen LogP contribution in [0, 0.1) is 0 Å². The van der Waals surface area contributed by atoms with Crippen molar-refractivity contribution >= 4 is 50.2 Å². The number of anilines is 1. The van der Waals surface area contributed by atoms with E-state index in [4.69, 9.17) is 35.7 Å². The molecule has 0 amide bonds. The lowest BCUT2D eigenvalue weighted by atomic mass is 10.2. The minimum absolute atomic E-state index is 0.0970. The number of pyridine rings is 2. The van der Waals surface area contributed by atoms with Gasteiger partial charge in [-0.05, 0) is 30.3 Å². The predicted molar refractivity (Wildman–Crippen MR) is 150 cm³/mol. The highest BCUT2D eigenvalue weighted by atomic mass is 35.5. The Kier molecular flexibility index (Phi) is 9.62. The Bertz CT molecular complexity index is 1980. The Labute approximate surface area is 256 Å². The smallest absolute Gasteiger partial charge is 0.418 e. The number of benzene rings is 1. The number of hydrogen-bond donors (Lipinski definition) is 2. The molecule has 5 rings (SSSR count). The van der Waals surface area contributed by atoms with Crippen LogP contribution in [0.25, 0.3) is 16.7 Å². The Hall–Kier alpha value is -5.17. The molecule has 5 aromatic rings. The number of rotatable bonds is 9. The molecule has 4 heterocycles. The molecule has 0 aliphatic carbocycles. The third-order valence-electron chi connectivity index (χ3n) is 5.57. The largest absolute Gasteiger partial charge is 0.481 e. The van der Waals surface area contributed by atoms with Crippen molar-refractivity contribution in [2.75, 3.05) is 32.7 Å². The summed E-state index contributed by atoms with van der Waals surface area (Å²) in [5, 5.41) is 13.7. The van der Waals surface area contributed by atoms with Crippen molar-refractivity contribution in [2.24, 2.45) is 0 Å². The number of methoxy groups -OCH3 is 3. The van der Waals surface area contributed by atoms with Gasteiger partial charge < -0.3 is 24.1 Å². The second-order valence-corrected chi connectivity index (χ2v) is 10.4. The Morgan fingerprint density at radius 1 is 1.04 bits per heavy atom. The van der Waals surface area contributed by atoms with Gasteiger partial charge in [0.05, 0.1) is 38.0 Å². The fourth-order valence-corrected chi connectivity index (χ4v) is 5.19. The number of fused-ring (bicyclic) bond motifs is 2. The summed E-state index contributed by atoms with van der Waals surface area (Å²) in [6.07, 6.45) is -2.60. The first-order valence-corrected chi connectivity index (χ1v) is 14.0. The number of halogens is 4. The Morgan fingerprint density at radius 2 is 1.80 bits per heavy atom. The molecule has 0 fully saturated rings. The molecule has 0 bridgehead atoms. The van der Waals surface area contributed by atoms with Crippen LogP contribution in [0.3, 0.4) is 0 Å². The van der Waals surface area contributed by atoms with Crippen molar-refractivity contribution in [2.45, 2.75) is 11.1 Å². The maximum absolute atomic E-state index is 13.3. The van der Waals surface area contributed by atoms with Crippen LogP contribution in [0.4, 0.5) is 19.1 Å². The highest BCUT2D eigenvalue weighted by Crippen LogP contribution is 2.38. The normalized spacial score (nSPS) is 11.4. The molecule has 0 radical (unpaired) electrons. The van der Waals surface area contributed by atoms with Gasteiger partial charge in [-0.15, -0.1) is 5.10 Å². The van der Waals surface area contributed by atoms with E-state index in [-0.39, 0.29) is 17.5 Å². The molecular weight excluding hydrogens is 651 g/mol. The molecule has 0 unspecified atom stereocenters. The van der Waals surface area contributed by atoms with Crippen molar-refractivity contribution < 1.29 is 50.4 Å². The first kappa shape index (κ1) is 32.7. The average Bonchev–Trinajstić information content (AvgIpc) is 3.41. The molecule has 0 saturated heterocycles. The van der Waals surface area contributed by atoms with E-state index in [2.05, 4.69) is 25.0 Å². The standard InChI is InChI=1S/C14H13F3N6O5S.C11H8ClNO3/c1-26-8-6-9(27-2)23-13(19-8)20-12(21-23)22-29(24,25)10-7(14(15,16)17)4-5-18-11(10)28-3;12-8-3-4-9(16-6-10(14)15)11-7(8)2-1-5-13-11/h4-6H,1-3H3,(H,21,22);1-5H,6H2,(H,14,15). The van der Waals surface area contributed by atoms with Crippen LogP contribution in [-0.4, -0.2) is 77.0 Å². The van der Waals surface area contributed by atoms with Gasteiger partial charge in [0.15, 0.2) is 11.5 Å². The summed E-state index contributed by atoms with van der Waals surface area (Å²) in [4.78, 5) is 24.6. The summed E-state index contributed by atoms with van der Waals surface area (Å²) in [5.74, 6) is -1.82. The molecule has 0 atom stereocenters. The lowest BCUT2D eigenvalue weighted by Crippen LogP contribution is -2.21. The van der Waals surface area contributed by atoms with Gasteiger partial charge in [0, 0.05) is 17.8 Å². The van der Waals surface area contributed by atoms with Crippen molar-refractivity contribution in [3.63, 3.8) is 0 Å². The van der Waals surface area contributed by atoms with Gasteiger partial charge in [0.2, 0.25) is 17.6 Å². The number of carboxylic acids is 1. The lowest BCUT2D eigenvalue weighted by molar-refractivity contribution is -0.140. The number of alkyl halides is 3. The molecule has 15 nitrogen and oxygen atoms in total. The van der Waals surface area contributed by atoms with E-state index in [0.717, 1.165) is 23.2 Å². The zero-order valence-electron chi connectivity index (χ0n) is 23.2. The second-order valence-electron chi connectivity index (χ2n) is 8.42. The number of carboxylic acid groups (broad SMARTS) is 1. The van der Waals surface area contributed by atoms with Gasteiger partial charge in [-0.3, -0.25) is 4.98 Å². The lowest BCUT2D eigenvalue weighted by Gasteiger charge is -2.15. The molecular formula is C25H21ClF3N7O8S. The first-order chi connectivity index (χ1) is 21.3. The third-order valence-corrected chi connectivity index (χ3v) is 7.28. The monoisotopic (exact) mass is 671 g/mol. The highest BCUT2D eigenvalue weighted by molar-refractivity contribution is 7.92. The van der Waals surface area contributed by atoms with Crippen molar-refractivity contribution in [3.05, 3.63) is 59.4 Å². The number of sulfonamides is 1. The van der Waals surface area contributed by atoms with E-state index in [0.29, 0.717) is 22.4 Å². The van der Waals surface area contributed by atoms with E-state index in [1.54, 1.807) is 30.5 Å². The van der Waals surface area contributed by atoms with Crippen LogP contribution in [-0.2, 0) is 21.0 Å². The summed E-state index contributed by atoms with van der Waals surface area (Å²) in [6.45, 7) is -0.396. The number of carbonyl (C=O) groups is 1. The second kappa shape index (κ2) is 13.2. The highest BCUT2D eigenvalue weighted by Gasteiger charge is 2.40. The zero-order valence-corrected chi connectivity index (χ0v) is 24.8. The predicted octanol–water partition coefficient (Wildman–Crippen LogP) is 3.72. The summed E-state index contributed by atoms with van der Waals surface area (Å²) < 4.78 is 88.2.